The van der Waals surface area contributed by atoms with E-state index in [1.54, 1.807) is 4.90 Å². The molecule has 0 spiro atoms. The van der Waals surface area contributed by atoms with Crippen LogP contribution in [0.1, 0.15) is 53.4 Å². The van der Waals surface area contributed by atoms with Crippen molar-refractivity contribution in [1.82, 2.24) is 20.0 Å². The molecule has 3 aromatic carbocycles. The van der Waals surface area contributed by atoms with E-state index in [0.717, 1.165) is 45.8 Å². The normalized spacial score (nSPS) is 14.1. The van der Waals surface area contributed by atoms with Crippen LogP contribution in [0.4, 0.5) is 30.8 Å². The summed E-state index contributed by atoms with van der Waals surface area (Å²) in [6, 6.07) is 15.8. The number of carbonyl (C=O) groups excluding carboxylic acids is 2. The molecule has 2 aliphatic rings. The number of benzene rings is 3. The molecule has 11 nitrogen and oxygen atoms in total. The second-order valence-corrected chi connectivity index (χ2v) is 13.4. The Balaban J connectivity index is 1.14. The second-order valence-electron chi connectivity index (χ2n) is 13.4. The van der Waals surface area contributed by atoms with Crippen LogP contribution < -0.4 is 20.3 Å². The Hall–Kier alpha value is -5.64. The van der Waals surface area contributed by atoms with Gasteiger partial charge in [-0.1, -0.05) is 12.1 Å². The molecule has 1 saturated heterocycles. The van der Waals surface area contributed by atoms with Gasteiger partial charge in [-0.25, -0.2) is 18.3 Å². The minimum atomic E-state index is -1.14. The number of hydrogen-bond acceptors (Lipinski definition) is 8. The molecular weight excluding hydrogens is 644 g/mol. The summed E-state index contributed by atoms with van der Waals surface area (Å²) in [6.07, 6.45) is 0.414. The fourth-order valence-electron chi connectivity index (χ4n) is 6.18. The van der Waals surface area contributed by atoms with E-state index < -0.39 is 23.1 Å². The van der Waals surface area contributed by atoms with E-state index in [1.807, 2.05) is 56.6 Å². The van der Waals surface area contributed by atoms with Crippen LogP contribution in [0.5, 0.6) is 5.75 Å². The standard InChI is InChI=1S/C37H39F2N7O4/c1-22-16-24(6-7-25(22)21-41-35(47)27-18-29(38)30(39)19-32(27)49-5)33-28(20-40)34-42-31-9-8-26(17-23(31)10-11-46(34)43-33)44-12-14-45(15-13-44)36(48)50-37(2,3)4/h6-9,16-19,42H,10-15,21H2,1-5H3,(H,41,47). The predicted octanol–water partition coefficient (Wildman–Crippen LogP) is 6.30. The van der Waals surface area contributed by atoms with Gasteiger partial charge in [0.25, 0.3) is 5.91 Å². The van der Waals surface area contributed by atoms with E-state index >= 15 is 0 Å². The number of halogens is 2. The molecule has 0 atom stereocenters. The van der Waals surface area contributed by atoms with Crippen molar-refractivity contribution in [3.63, 3.8) is 0 Å². The lowest BCUT2D eigenvalue weighted by Crippen LogP contribution is -2.50. The van der Waals surface area contributed by atoms with Gasteiger partial charge in [-0.3, -0.25) is 4.79 Å². The first kappa shape index (κ1) is 34.2. The number of nitrogens with zero attached hydrogens (tertiary/aromatic N) is 5. The number of hydrogen-bond donors (Lipinski definition) is 2. The number of carbonyl (C=O) groups is 2. The van der Waals surface area contributed by atoms with E-state index in [1.165, 1.54) is 7.11 Å². The van der Waals surface area contributed by atoms with Gasteiger partial charge >= 0.3 is 6.09 Å². The van der Waals surface area contributed by atoms with Gasteiger partial charge in [0.05, 0.1) is 12.7 Å². The highest BCUT2D eigenvalue weighted by Gasteiger charge is 2.28. The van der Waals surface area contributed by atoms with Gasteiger partial charge in [0.2, 0.25) is 0 Å². The Kier molecular flexibility index (Phi) is 9.38. The third-order valence-electron chi connectivity index (χ3n) is 8.84. The SMILES string of the molecule is COc1cc(F)c(F)cc1C(=O)NCc1ccc(-c2nn3c(c2C#N)Nc2ccc(N4CCN(C(=O)OC(C)(C)C)CC4)cc2CC3)cc1C. The first-order chi connectivity index (χ1) is 23.8. The Morgan fingerprint density at radius 2 is 1.76 bits per heavy atom. The predicted molar refractivity (Wildman–Crippen MR) is 185 cm³/mol. The maximum Gasteiger partial charge on any atom is 0.410 e. The first-order valence-corrected chi connectivity index (χ1v) is 16.4. The number of nitrogens with one attached hydrogen (secondary N) is 2. The highest BCUT2D eigenvalue weighted by atomic mass is 19.2. The summed E-state index contributed by atoms with van der Waals surface area (Å²) < 4.78 is 39.9. The van der Waals surface area contributed by atoms with E-state index in [4.69, 9.17) is 14.6 Å². The zero-order valence-corrected chi connectivity index (χ0v) is 28.7. The van der Waals surface area contributed by atoms with Crippen molar-refractivity contribution < 1.29 is 27.8 Å². The molecule has 0 aliphatic carbocycles. The minimum Gasteiger partial charge on any atom is -0.496 e. The van der Waals surface area contributed by atoms with Crippen LogP contribution in [0.25, 0.3) is 11.3 Å². The summed E-state index contributed by atoms with van der Waals surface area (Å²) in [4.78, 5) is 29.3. The molecule has 0 saturated carbocycles. The molecule has 1 fully saturated rings. The maximum atomic E-state index is 13.8. The summed E-state index contributed by atoms with van der Waals surface area (Å²) in [7, 11) is 1.28. The van der Waals surface area contributed by atoms with Gasteiger partial charge in [0, 0.05) is 62.3 Å². The van der Waals surface area contributed by atoms with Gasteiger partial charge in [-0.15, -0.1) is 0 Å². The van der Waals surface area contributed by atoms with Gasteiger partial charge < -0.3 is 29.9 Å². The maximum absolute atomic E-state index is 13.8. The molecule has 0 radical (unpaired) electrons. The monoisotopic (exact) mass is 683 g/mol. The molecule has 2 amide bonds. The second kappa shape index (κ2) is 13.7. The average molecular weight is 684 g/mol. The number of methoxy groups -OCH3 is 1. The van der Waals surface area contributed by atoms with E-state index in [0.29, 0.717) is 56.2 Å². The first-order valence-electron chi connectivity index (χ1n) is 16.4. The Bertz CT molecular complexity index is 2010. The number of piperazine rings is 1. The summed E-state index contributed by atoms with van der Waals surface area (Å²) in [5.74, 6) is -2.29. The zero-order valence-electron chi connectivity index (χ0n) is 28.7. The minimum absolute atomic E-state index is 0.0658. The molecule has 0 unspecified atom stereocenters. The average Bonchev–Trinajstić information content (AvgIpc) is 3.33. The molecule has 4 aromatic rings. The number of rotatable bonds is 6. The molecule has 6 rings (SSSR count). The summed E-state index contributed by atoms with van der Waals surface area (Å²) in [5.41, 5.74) is 5.82. The van der Waals surface area contributed by atoms with Crippen LogP contribution in [0.15, 0.2) is 48.5 Å². The van der Waals surface area contributed by atoms with Crippen LogP contribution in [-0.2, 0) is 24.2 Å². The topological polar surface area (TPSA) is 125 Å². The summed E-state index contributed by atoms with van der Waals surface area (Å²) >= 11 is 0. The number of nitriles is 1. The van der Waals surface area contributed by atoms with Crippen molar-refractivity contribution in [2.45, 2.75) is 52.8 Å². The van der Waals surface area contributed by atoms with Crippen molar-refractivity contribution in [2.75, 3.05) is 43.5 Å². The molecule has 3 heterocycles. The number of aryl methyl sites for hydroxylation is 3. The lowest BCUT2D eigenvalue weighted by molar-refractivity contribution is 0.0240. The summed E-state index contributed by atoms with van der Waals surface area (Å²) in [5, 5.41) is 21.3. The van der Waals surface area contributed by atoms with Crippen LogP contribution in [0, 0.1) is 29.9 Å². The van der Waals surface area contributed by atoms with Crippen molar-refractivity contribution in [1.29, 1.82) is 5.26 Å². The van der Waals surface area contributed by atoms with Crippen molar-refractivity contribution in [3.05, 3.63) is 88.0 Å². The Morgan fingerprint density at radius 3 is 2.44 bits per heavy atom. The number of fused-ring (bicyclic) bond motifs is 2. The largest absolute Gasteiger partial charge is 0.496 e. The molecule has 2 N–H and O–H groups in total. The number of aromatic nitrogens is 2. The highest BCUT2D eigenvalue weighted by Crippen LogP contribution is 2.36. The van der Waals surface area contributed by atoms with Crippen LogP contribution in [-0.4, -0.2) is 65.6 Å². The third kappa shape index (κ3) is 7.05. The van der Waals surface area contributed by atoms with Gasteiger partial charge in [-0.2, -0.15) is 10.4 Å². The van der Waals surface area contributed by atoms with Crippen LogP contribution in [0.2, 0.25) is 0 Å². The lowest BCUT2D eigenvalue weighted by Gasteiger charge is -2.37. The smallest absolute Gasteiger partial charge is 0.410 e. The molecular formula is C37H39F2N7O4. The third-order valence-corrected chi connectivity index (χ3v) is 8.84. The molecule has 0 bridgehead atoms. The van der Waals surface area contributed by atoms with Gasteiger partial charge in [0.1, 0.15) is 34.5 Å². The van der Waals surface area contributed by atoms with Gasteiger partial charge in [-0.05, 0) is 81.1 Å². The fourth-order valence-corrected chi connectivity index (χ4v) is 6.18. The number of amides is 2. The molecule has 13 heteroatoms. The van der Waals surface area contributed by atoms with Crippen molar-refractivity contribution in [3.8, 4) is 23.1 Å². The lowest BCUT2D eigenvalue weighted by atomic mass is 10.0. The van der Waals surface area contributed by atoms with Crippen molar-refractivity contribution >= 4 is 29.2 Å². The summed E-state index contributed by atoms with van der Waals surface area (Å²) in [6.45, 7) is 10.7. The van der Waals surface area contributed by atoms with Gasteiger partial charge in [0.15, 0.2) is 11.6 Å². The van der Waals surface area contributed by atoms with Crippen LogP contribution >= 0.6 is 0 Å². The zero-order chi connectivity index (χ0) is 35.7. The van der Waals surface area contributed by atoms with Crippen molar-refractivity contribution in [2.24, 2.45) is 0 Å². The molecule has 260 valence electrons. The molecule has 50 heavy (non-hydrogen) atoms. The quantitative estimate of drug-likeness (QED) is 0.243. The highest BCUT2D eigenvalue weighted by molar-refractivity contribution is 5.97. The Labute approximate surface area is 289 Å². The fraction of sp³-hybridized carbons (Fsp3) is 0.351. The van der Waals surface area contributed by atoms with E-state index in [9.17, 15) is 23.6 Å². The van der Waals surface area contributed by atoms with E-state index in [2.05, 4.69) is 33.7 Å². The number of ether oxygens (including phenoxy) is 2. The van der Waals surface area contributed by atoms with Crippen LogP contribution in [0.3, 0.4) is 0 Å². The molecule has 2 aliphatic heterocycles. The number of anilines is 3. The Morgan fingerprint density at radius 1 is 1.02 bits per heavy atom. The molecule has 1 aromatic heterocycles. The van der Waals surface area contributed by atoms with E-state index in [-0.39, 0.29) is 24.0 Å².